The molecule has 0 radical (unpaired) electrons. The SMILES string of the molecule is Cc1ccccc1NC(C)(CO)c1ccc(F)cn1. The zero-order valence-electron chi connectivity index (χ0n) is 11.0. The maximum Gasteiger partial charge on any atom is 0.141 e. The van der Waals surface area contributed by atoms with Gasteiger partial charge in [0.15, 0.2) is 0 Å². The molecule has 1 aromatic carbocycles. The lowest BCUT2D eigenvalue weighted by molar-refractivity contribution is 0.220. The summed E-state index contributed by atoms with van der Waals surface area (Å²) in [7, 11) is 0. The Morgan fingerprint density at radius 1 is 1.26 bits per heavy atom. The van der Waals surface area contributed by atoms with Crippen LogP contribution in [0.25, 0.3) is 0 Å². The number of benzene rings is 1. The number of pyridine rings is 1. The number of aliphatic hydroxyl groups excluding tert-OH is 1. The minimum absolute atomic E-state index is 0.139. The van der Waals surface area contributed by atoms with Gasteiger partial charge in [-0.25, -0.2) is 4.39 Å². The Bertz CT molecular complexity index is 556. The molecule has 0 aliphatic carbocycles. The molecule has 0 aliphatic heterocycles. The van der Waals surface area contributed by atoms with E-state index < -0.39 is 5.54 Å². The van der Waals surface area contributed by atoms with E-state index in [1.54, 1.807) is 6.07 Å². The Morgan fingerprint density at radius 2 is 2.00 bits per heavy atom. The molecule has 0 saturated carbocycles. The molecule has 1 atom stereocenters. The first-order valence-electron chi connectivity index (χ1n) is 6.12. The normalized spacial score (nSPS) is 13.9. The molecule has 1 unspecified atom stereocenters. The second-order valence-electron chi connectivity index (χ2n) is 4.79. The van der Waals surface area contributed by atoms with Crippen LogP contribution in [0.3, 0.4) is 0 Å². The standard InChI is InChI=1S/C15H17FN2O/c1-11-5-3-4-6-13(11)18-15(2,10-19)14-8-7-12(16)9-17-14/h3-9,18-19H,10H2,1-2H3. The number of anilines is 1. The number of aromatic nitrogens is 1. The van der Waals surface area contributed by atoms with Crippen LogP contribution in [0.2, 0.25) is 0 Å². The van der Waals surface area contributed by atoms with Gasteiger partial charge in [0.25, 0.3) is 0 Å². The van der Waals surface area contributed by atoms with Crippen molar-refractivity contribution in [2.24, 2.45) is 0 Å². The van der Waals surface area contributed by atoms with E-state index in [-0.39, 0.29) is 12.4 Å². The highest BCUT2D eigenvalue weighted by Crippen LogP contribution is 2.26. The van der Waals surface area contributed by atoms with Crippen LogP contribution < -0.4 is 5.32 Å². The summed E-state index contributed by atoms with van der Waals surface area (Å²) in [5.74, 6) is -0.389. The highest BCUT2D eigenvalue weighted by molar-refractivity contribution is 5.53. The van der Waals surface area contributed by atoms with Gasteiger partial charge in [0.2, 0.25) is 0 Å². The van der Waals surface area contributed by atoms with Gasteiger partial charge in [-0.05, 0) is 37.6 Å². The van der Waals surface area contributed by atoms with E-state index in [0.29, 0.717) is 5.69 Å². The van der Waals surface area contributed by atoms with E-state index in [1.807, 2.05) is 38.1 Å². The monoisotopic (exact) mass is 260 g/mol. The minimum Gasteiger partial charge on any atom is -0.394 e. The third-order valence-electron chi connectivity index (χ3n) is 3.16. The van der Waals surface area contributed by atoms with Crippen molar-refractivity contribution in [2.45, 2.75) is 19.4 Å². The van der Waals surface area contributed by atoms with Gasteiger partial charge in [-0.1, -0.05) is 18.2 Å². The summed E-state index contributed by atoms with van der Waals surface area (Å²) in [5, 5.41) is 12.9. The molecule has 2 N–H and O–H groups in total. The van der Waals surface area contributed by atoms with Gasteiger partial charge < -0.3 is 10.4 Å². The average Bonchev–Trinajstić information content (AvgIpc) is 2.42. The van der Waals surface area contributed by atoms with Gasteiger partial charge in [0.1, 0.15) is 5.82 Å². The number of hydrogen-bond donors (Lipinski definition) is 2. The molecule has 1 aromatic heterocycles. The number of nitrogens with zero attached hydrogens (tertiary/aromatic N) is 1. The lowest BCUT2D eigenvalue weighted by Gasteiger charge is -2.30. The van der Waals surface area contributed by atoms with Crippen molar-refractivity contribution in [2.75, 3.05) is 11.9 Å². The molecule has 0 spiro atoms. The molecule has 4 heteroatoms. The number of hydrogen-bond acceptors (Lipinski definition) is 3. The molecule has 1 heterocycles. The topological polar surface area (TPSA) is 45.1 Å². The fourth-order valence-electron chi connectivity index (χ4n) is 1.90. The Hall–Kier alpha value is -1.94. The van der Waals surface area contributed by atoms with Crippen LogP contribution in [0.4, 0.5) is 10.1 Å². The van der Waals surface area contributed by atoms with Crippen molar-refractivity contribution < 1.29 is 9.50 Å². The maximum atomic E-state index is 12.9. The molecular weight excluding hydrogens is 243 g/mol. The molecule has 0 aliphatic rings. The maximum absolute atomic E-state index is 12.9. The number of nitrogens with one attached hydrogen (secondary N) is 1. The number of aliphatic hydroxyl groups is 1. The quantitative estimate of drug-likeness (QED) is 0.888. The van der Waals surface area contributed by atoms with E-state index in [4.69, 9.17) is 0 Å². The minimum atomic E-state index is -0.750. The van der Waals surface area contributed by atoms with Crippen LogP contribution in [0.1, 0.15) is 18.2 Å². The van der Waals surface area contributed by atoms with Crippen LogP contribution in [-0.4, -0.2) is 16.7 Å². The van der Waals surface area contributed by atoms with Crippen LogP contribution >= 0.6 is 0 Å². The molecule has 0 amide bonds. The molecule has 19 heavy (non-hydrogen) atoms. The average molecular weight is 260 g/mol. The summed E-state index contributed by atoms with van der Waals surface area (Å²) in [6, 6.07) is 10.7. The molecular formula is C15H17FN2O. The highest BCUT2D eigenvalue weighted by atomic mass is 19.1. The van der Waals surface area contributed by atoms with Crippen LogP contribution in [-0.2, 0) is 5.54 Å². The summed E-state index contributed by atoms with van der Waals surface area (Å²) in [6.45, 7) is 3.68. The molecule has 2 rings (SSSR count). The number of halogens is 1. The summed E-state index contributed by atoms with van der Waals surface area (Å²) in [5.41, 5.74) is 1.84. The predicted molar refractivity (Wildman–Crippen MR) is 73.4 cm³/mol. The summed E-state index contributed by atoms with van der Waals surface area (Å²) < 4.78 is 12.9. The first kappa shape index (κ1) is 13.5. The fraction of sp³-hybridized carbons (Fsp3) is 0.267. The summed E-state index contributed by atoms with van der Waals surface area (Å²) in [4.78, 5) is 4.05. The first-order chi connectivity index (χ1) is 9.05. The van der Waals surface area contributed by atoms with Crippen LogP contribution in [0, 0.1) is 12.7 Å². The van der Waals surface area contributed by atoms with E-state index in [9.17, 15) is 9.50 Å². The largest absolute Gasteiger partial charge is 0.394 e. The van der Waals surface area contributed by atoms with Crippen molar-refractivity contribution in [3.63, 3.8) is 0 Å². The van der Waals surface area contributed by atoms with Crippen molar-refractivity contribution in [3.8, 4) is 0 Å². The lowest BCUT2D eigenvalue weighted by Crippen LogP contribution is -2.37. The third-order valence-corrected chi connectivity index (χ3v) is 3.16. The van der Waals surface area contributed by atoms with Gasteiger partial charge >= 0.3 is 0 Å². The number of rotatable bonds is 4. The molecule has 100 valence electrons. The van der Waals surface area contributed by atoms with Crippen LogP contribution in [0.5, 0.6) is 0 Å². The molecule has 0 bridgehead atoms. The van der Waals surface area contributed by atoms with E-state index in [1.165, 1.54) is 6.07 Å². The highest BCUT2D eigenvalue weighted by Gasteiger charge is 2.27. The van der Waals surface area contributed by atoms with Crippen molar-refractivity contribution in [1.82, 2.24) is 4.98 Å². The second kappa shape index (κ2) is 5.36. The Labute approximate surface area is 112 Å². The van der Waals surface area contributed by atoms with Crippen molar-refractivity contribution in [1.29, 1.82) is 0 Å². The zero-order valence-corrected chi connectivity index (χ0v) is 11.0. The molecule has 0 saturated heterocycles. The van der Waals surface area contributed by atoms with Gasteiger partial charge in [0.05, 0.1) is 24.0 Å². The first-order valence-corrected chi connectivity index (χ1v) is 6.12. The van der Waals surface area contributed by atoms with E-state index in [2.05, 4.69) is 10.3 Å². The van der Waals surface area contributed by atoms with E-state index in [0.717, 1.165) is 17.4 Å². The van der Waals surface area contributed by atoms with Gasteiger partial charge in [-0.2, -0.15) is 0 Å². The van der Waals surface area contributed by atoms with Gasteiger partial charge in [-0.3, -0.25) is 4.98 Å². The lowest BCUT2D eigenvalue weighted by atomic mass is 9.97. The smallest absolute Gasteiger partial charge is 0.141 e. The summed E-state index contributed by atoms with van der Waals surface area (Å²) in [6.07, 6.45) is 1.16. The molecule has 3 nitrogen and oxygen atoms in total. The number of para-hydroxylation sites is 1. The zero-order chi connectivity index (χ0) is 13.9. The van der Waals surface area contributed by atoms with E-state index >= 15 is 0 Å². The van der Waals surface area contributed by atoms with Crippen molar-refractivity contribution >= 4 is 5.69 Å². The third kappa shape index (κ3) is 2.90. The second-order valence-corrected chi connectivity index (χ2v) is 4.79. The van der Waals surface area contributed by atoms with Gasteiger partial charge in [0, 0.05) is 5.69 Å². The van der Waals surface area contributed by atoms with Crippen LogP contribution in [0.15, 0.2) is 42.6 Å². The number of aryl methyl sites for hydroxylation is 1. The van der Waals surface area contributed by atoms with Gasteiger partial charge in [-0.15, -0.1) is 0 Å². The Kier molecular flexibility index (Phi) is 3.81. The predicted octanol–water partition coefficient (Wildman–Crippen LogP) is 2.85. The Morgan fingerprint density at radius 3 is 2.58 bits per heavy atom. The molecule has 0 fully saturated rings. The summed E-state index contributed by atoms with van der Waals surface area (Å²) >= 11 is 0. The fourth-order valence-corrected chi connectivity index (χ4v) is 1.90. The Balaban J connectivity index is 2.33. The van der Waals surface area contributed by atoms with Crippen molar-refractivity contribution in [3.05, 3.63) is 59.7 Å². The molecule has 2 aromatic rings.